The molecular weight excluding hydrogens is 338 g/mol. The Morgan fingerprint density at radius 2 is 1.80 bits per heavy atom. The average Bonchev–Trinajstić information content (AvgIpc) is 2.85. The molecule has 0 fully saturated rings. The molecule has 0 saturated carbocycles. The third kappa shape index (κ3) is 4.66. The van der Waals surface area contributed by atoms with E-state index in [9.17, 15) is 14.4 Å². The molecule has 1 aromatic carbocycles. The molecule has 2 aromatic rings. The molecule has 134 valence electrons. The van der Waals surface area contributed by atoms with Crippen LogP contribution in [0.1, 0.15) is 49.3 Å². The number of nitrogens with zero attached hydrogens (tertiary/aromatic N) is 1. The van der Waals surface area contributed by atoms with Gasteiger partial charge in [0, 0.05) is 16.6 Å². The minimum Gasteiger partial charge on any atom is -0.453 e. The standard InChI is InChI=1S/C19H23NO4S/c1-12-11-25-18(23)20(12)10-16(21)24-13(2)17(22)14-6-8-15(9-7-14)19(3,4)5/h6-9,11,13H,10H2,1-5H3/t13-/m1/s1. The maximum Gasteiger partial charge on any atom is 0.326 e. The van der Waals surface area contributed by atoms with Crippen LogP contribution in [0.4, 0.5) is 0 Å². The number of aryl methyl sites for hydroxylation is 1. The molecule has 0 spiro atoms. The molecule has 0 amide bonds. The van der Waals surface area contributed by atoms with Crippen molar-refractivity contribution in [3.05, 3.63) is 56.1 Å². The number of benzene rings is 1. The Hall–Kier alpha value is -2.21. The molecule has 6 heteroatoms. The smallest absolute Gasteiger partial charge is 0.326 e. The highest BCUT2D eigenvalue weighted by atomic mass is 32.1. The third-order valence-electron chi connectivity index (χ3n) is 3.98. The second-order valence-electron chi connectivity index (χ2n) is 7.05. The Kier molecular flexibility index (Phi) is 5.62. The number of ether oxygens (including phenoxy) is 1. The zero-order valence-corrected chi connectivity index (χ0v) is 16.0. The number of carbonyl (C=O) groups is 2. The van der Waals surface area contributed by atoms with Crippen LogP contribution >= 0.6 is 11.3 Å². The fraction of sp³-hybridized carbons (Fsp3) is 0.421. The van der Waals surface area contributed by atoms with Crippen LogP contribution in [-0.4, -0.2) is 22.4 Å². The first-order valence-electron chi connectivity index (χ1n) is 8.09. The van der Waals surface area contributed by atoms with Crippen molar-refractivity contribution in [2.75, 3.05) is 0 Å². The maximum absolute atomic E-state index is 12.4. The fourth-order valence-electron chi connectivity index (χ4n) is 2.38. The van der Waals surface area contributed by atoms with E-state index in [2.05, 4.69) is 20.8 Å². The molecule has 2 rings (SSSR count). The normalized spacial score (nSPS) is 12.7. The first-order chi connectivity index (χ1) is 11.6. The van der Waals surface area contributed by atoms with Crippen LogP contribution < -0.4 is 4.87 Å². The first kappa shape index (κ1) is 19.1. The van der Waals surface area contributed by atoms with Crippen LogP contribution in [0.2, 0.25) is 0 Å². The summed E-state index contributed by atoms with van der Waals surface area (Å²) in [6, 6.07) is 7.33. The number of Topliss-reactive ketones (excluding diaryl/α,β-unsaturated/α-hetero) is 1. The van der Waals surface area contributed by atoms with E-state index in [-0.39, 0.29) is 22.6 Å². The van der Waals surface area contributed by atoms with Crippen molar-refractivity contribution in [3.8, 4) is 0 Å². The summed E-state index contributed by atoms with van der Waals surface area (Å²) in [6.45, 7) is 9.40. The van der Waals surface area contributed by atoms with Gasteiger partial charge in [0.05, 0.1) is 0 Å². The minimum absolute atomic E-state index is 0.00527. The van der Waals surface area contributed by atoms with Gasteiger partial charge in [0.25, 0.3) is 0 Å². The van der Waals surface area contributed by atoms with Crippen LogP contribution in [0.3, 0.4) is 0 Å². The number of aromatic nitrogens is 1. The molecule has 0 radical (unpaired) electrons. The van der Waals surface area contributed by atoms with Gasteiger partial charge in [0.2, 0.25) is 5.78 Å². The summed E-state index contributed by atoms with van der Waals surface area (Å²) in [4.78, 5) is 35.9. The Morgan fingerprint density at radius 3 is 2.28 bits per heavy atom. The summed E-state index contributed by atoms with van der Waals surface area (Å²) in [5, 5.41) is 1.68. The van der Waals surface area contributed by atoms with Gasteiger partial charge < -0.3 is 4.74 Å². The fourth-order valence-corrected chi connectivity index (χ4v) is 3.12. The van der Waals surface area contributed by atoms with Crippen LogP contribution in [0.15, 0.2) is 34.4 Å². The Morgan fingerprint density at radius 1 is 1.20 bits per heavy atom. The highest BCUT2D eigenvalue weighted by Crippen LogP contribution is 2.22. The molecule has 1 aromatic heterocycles. The van der Waals surface area contributed by atoms with Gasteiger partial charge in [-0.3, -0.25) is 19.0 Å². The summed E-state index contributed by atoms with van der Waals surface area (Å²) >= 11 is 1.03. The average molecular weight is 361 g/mol. The highest BCUT2D eigenvalue weighted by Gasteiger charge is 2.21. The van der Waals surface area contributed by atoms with Crippen molar-refractivity contribution in [2.45, 2.75) is 52.7 Å². The zero-order chi connectivity index (χ0) is 18.8. The number of carbonyl (C=O) groups excluding carboxylic acids is 2. The highest BCUT2D eigenvalue weighted by molar-refractivity contribution is 7.07. The number of hydrogen-bond acceptors (Lipinski definition) is 5. The van der Waals surface area contributed by atoms with E-state index >= 15 is 0 Å². The predicted molar refractivity (Wildman–Crippen MR) is 98.3 cm³/mol. The van der Waals surface area contributed by atoms with Crippen molar-refractivity contribution in [3.63, 3.8) is 0 Å². The predicted octanol–water partition coefficient (Wildman–Crippen LogP) is 3.33. The van der Waals surface area contributed by atoms with Gasteiger partial charge in [-0.1, -0.05) is 56.4 Å². The second kappa shape index (κ2) is 7.35. The number of ketones is 1. The molecule has 0 unspecified atom stereocenters. The minimum atomic E-state index is -0.900. The third-order valence-corrected chi connectivity index (χ3v) is 4.86. The molecule has 1 atom stereocenters. The molecule has 0 N–H and O–H groups in total. The van der Waals surface area contributed by atoms with Crippen LogP contribution in [0, 0.1) is 6.92 Å². The lowest BCUT2D eigenvalue weighted by molar-refractivity contribution is -0.147. The largest absolute Gasteiger partial charge is 0.453 e. The van der Waals surface area contributed by atoms with Crippen LogP contribution in [-0.2, 0) is 21.5 Å². The van der Waals surface area contributed by atoms with Crippen molar-refractivity contribution in [2.24, 2.45) is 0 Å². The molecule has 0 aliphatic heterocycles. The summed E-state index contributed by atoms with van der Waals surface area (Å²) < 4.78 is 6.54. The van der Waals surface area contributed by atoms with E-state index in [1.54, 1.807) is 31.4 Å². The van der Waals surface area contributed by atoms with Crippen LogP contribution in [0.5, 0.6) is 0 Å². The summed E-state index contributed by atoms with van der Waals surface area (Å²) in [5.74, 6) is -0.862. The van der Waals surface area contributed by atoms with Gasteiger partial charge >= 0.3 is 10.8 Å². The van der Waals surface area contributed by atoms with E-state index in [1.165, 1.54) is 4.57 Å². The summed E-state index contributed by atoms with van der Waals surface area (Å²) in [6.07, 6.45) is -0.900. The van der Waals surface area contributed by atoms with E-state index in [4.69, 9.17) is 4.74 Å². The summed E-state index contributed by atoms with van der Waals surface area (Å²) in [5.41, 5.74) is 2.33. The van der Waals surface area contributed by atoms with E-state index in [0.717, 1.165) is 16.9 Å². The van der Waals surface area contributed by atoms with E-state index in [1.807, 2.05) is 12.1 Å². The second-order valence-corrected chi connectivity index (χ2v) is 7.87. The number of hydrogen-bond donors (Lipinski definition) is 0. The molecule has 0 bridgehead atoms. The molecule has 0 saturated heterocycles. The Balaban J connectivity index is 2.02. The van der Waals surface area contributed by atoms with Crippen LogP contribution in [0.25, 0.3) is 0 Å². The number of rotatable bonds is 5. The molecule has 0 aliphatic rings. The molecule has 0 aliphatic carbocycles. The zero-order valence-electron chi connectivity index (χ0n) is 15.2. The SMILES string of the molecule is Cc1csc(=O)n1CC(=O)O[C@H](C)C(=O)c1ccc(C(C)(C)C)cc1. The van der Waals surface area contributed by atoms with E-state index < -0.39 is 12.1 Å². The van der Waals surface area contributed by atoms with Crippen molar-refractivity contribution >= 4 is 23.1 Å². The lowest BCUT2D eigenvalue weighted by atomic mass is 9.86. The molecule has 1 heterocycles. The van der Waals surface area contributed by atoms with Gasteiger partial charge in [-0.25, -0.2) is 0 Å². The van der Waals surface area contributed by atoms with Crippen molar-refractivity contribution in [1.29, 1.82) is 0 Å². The van der Waals surface area contributed by atoms with E-state index in [0.29, 0.717) is 11.3 Å². The van der Waals surface area contributed by atoms with Crippen molar-refractivity contribution in [1.82, 2.24) is 4.57 Å². The van der Waals surface area contributed by atoms with Gasteiger partial charge in [0.1, 0.15) is 6.54 Å². The van der Waals surface area contributed by atoms with Crippen molar-refractivity contribution < 1.29 is 14.3 Å². The molecular formula is C19H23NO4S. The Bertz CT molecular complexity index is 824. The number of esters is 1. The maximum atomic E-state index is 12.4. The lowest BCUT2D eigenvalue weighted by Crippen LogP contribution is -2.29. The monoisotopic (exact) mass is 361 g/mol. The van der Waals surface area contributed by atoms with Gasteiger partial charge in [-0.15, -0.1) is 0 Å². The van der Waals surface area contributed by atoms with Gasteiger partial charge in [-0.2, -0.15) is 0 Å². The Labute approximate surface area is 151 Å². The number of thiazole rings is 1. The van der Waals surface area contributed by atoms with Gasteiger partial charge in [0.15, 0.2) is 6.10 Å². The van der Waals surface area contributed by atoms with Gasteiger partial charge in [-0.05, 0) is 24.8 Å². The molecule has 25 heavy (non-hydrogen) atoms. The quantitative estimate of drug-likeness (QED) is 0.605. The molecule has 5 nitrogen and oxygen atoms in total. The first-order valence-corrected chi connectivity index (χ1v) is 8.96. The topological polar surface area (TPSA) is 65.4 Å². The lowest BCUT2D eigenvalue weighted by Gasteiger charge is -2.19. The summed E-state index contributed by atoms with van der Waals surface area (Å²) in [7, 11) is 0.